The maximum atomic E-state index is 13.3. The average molecular weight is 627 g/mol. The van der Waals surface area contributed by atoms with Gasteiger partial charge in [0.05, 0.1) is 5.56 Å². The molecule has 5 rings (SSSR count). The van der Waals surface area contributed by atoms with Crippen LogP contribution in [0.1, 0.15) is 41.4 Å². The number of carbonyl (C=O) groups is 4. The van der Waals surface area contributed by atoms with Gasteiger partial charge >= 0.3 is 5.97 Å². The van der Waals surface area contributed by atoms with Gasteiger partial charge in [-0.15, -0.1) is 0 Å². The molecule has 0 radical (unpaired) electrons. The first-order chi connectivity index (χ1) is 22.7. The maximum Gasteiger partial charge on any atom is 0.343 e. The van der Waals surface area contributed by atoms with Crippen LogP contribution < -0.4 is 24.8 Å². The molecule has 0 unspecified atom stereocenters. The molecule has 3 amide bonds. The van der Waals surface area contributed by atoms with Gasteiger partial charge in [-0.25, -0.2) is 4.79 Å². The zero-order valence-electron chi connectivity index (χ0n) is 26.5. The Hall–Kier alpha value is -6.22. The van der Waals surface area contributed by atoms with Gasteiger partial charge in [-0.05, 0) is 109 Å². The number of esters is 1. The average Bonchev–Trinajstić information content (AvgIpc) is 3.13. The number of nitrogens with zero attached hydrogens (tertiary/aromatic N) is 3. The number of nitrogens with one attached hydrogen (secondary N) is 1. The van der Waals surface area contributed by atoms with Gasteiger partial charge in [-0.1, -0.05) is 18.2 Å². The fraction of sp³-hybridized carbons (Fsp3) is 0.105. The molecule has 0 atom stereocenters. The Morgan fingerprint density at radius 2 is 0.809 bits per heavy atom. The lowest BCUT2D eigenvalue weighted by atomic mass is 10.1. The minimum absolute atomic E-state index is 0.162. The summed E-state index contributed by atoms with van der Waals surface area (Å²) in [7, 11) is 6.82. The number of ether oxygens (including phenoxy) is 1. The highest BCUT2D eigenvalue weighted by atomic mass is 16.5. The van der Waals surface area contributed by atoms with Gasteiger partial charge in [0, 0.05) is 67.6 Å². The maximum absolute atomic E-state index is 13.3. The number of hydrogen-bond acceptors (Lipinski definition) is 6. The summed E-state index contributed by atoms with van der Waals surface area (Å²) < 4.78 is 5.37. The smallest absolute Gasteiger partial charge is 0.343 e. The van der Waals surface area contributed by atoms with E-state index < -0.39 is 5.97 Å². The summed E-state index contributed by atoms with van der Waals surface area (Å²) in [4.78, 5) is 56.4. The molecule has 0 spiro atoms. The van der Waals surface area contributed by atoms with Crippen molar-refractivity contribution in [2.45, 2.75) is 0 Å². The lowest BCUT2D eigenvalue weighted by molar-refractivity contribution is 0.0734. The van der Waals surface area contributed by atoms with Gasteiger partial charge in [0.25, 0.3) is 17.7 Å². The van der Waals surface area contributed by atoms with E-state index in [0.29, 0.717) is 45.1 Å². The van der Waals surface area contributed by atoms with Crippen LogP contribution in [0.3, 0.4) is 0 Å². The van der Waals surface area contributed by atoms with E-state index in [9.17, 15) is 19.2 Å². The first-order valence-corrected chi connectivity index (χ1v) is 14.9. The predicted molar refractivity (Wildman–Crippen MR) is 185 cm³/mol. The molecule has 9 nitrogen and oxygen atoms in total. The van der Waals surface area contributed by atoms with Gasteiger partial charge in [0.1, 0.15) is 5.75 Å². The van der Waals surface area contributed by atoms with Gasteiger partial charge in [0.15, 0.2) is 0 Å². The van der Waals surface area contributed by atoms with Crippen LogP contribution in [-0.4, -0.2) is 51.9 Å². The summed E-state index contributed by atoms with van der Waals surface area (Å²) in [5.41, 5.74) is 4.58. The zero-order valence-corrected chi connectivity index (χ0v) is 26.5. The third-order valence-corrected chi connectivity index (χ3v) is 7.78. The van der Waals surface area contributed by atoms with Crippen molar-refractivity contribution in [3.63, 3.8) is 0 Å². The minimum Gasteiger partial charge on any atom is -0.423 e. The summed E-state index contributed by atoms with van der Waals surface area (Å²) in [5.74, 6) is -0.695. The zero-order chi connectivity index (χ0) is 33.5. The largest absolute Gasteiger partial charge is 0.423 e. The second kappa shape index (κ2) is 14.3. The van der Waals surface area contributed by atoms with Crippen molar-refractivity contribution in [3.05, 3.63) is 150 Å². The van der Waals surface area contributed by atoms with Crippen LogP contribution in [0.15, 0.2) is 127 Å². The standard InChI is InChI=1S/C38H34N4O5/c1-39-30-18-10-26(11-19-30)35(43)40(2)31-20-12-27(13-21-31)36(44)41(3)32-22-14-28(15-23-32)37(45)42(4)33-24-16-29(17-25-33)38(46)47-34-8-6-5-7-9-34/h5-25,39H,1-4H3. The molecule has 236 valence electrons. The molecule has 47 heavy (non-hydrogen) atoms. The number of para-hydroxylation sites is 1. The van der Waals surface area contributed by atoms with Crippen LogP contribution in [0.2, 0.25) is 0 Å². The molecule has 0 saturated carbocycles. The lowest BCUT2D eigenvalue weighted by Crippen LogP contribution is -2.28. The molecule has 9 heteroatoms. The van der Waals surface area contributed by atoms with Crippen LogP contribution in [-0.2, 0) is 0 Å². The van der Waals surface area contributed by atoms with E-state index in [4.69, 9.17) is 4.74 Å². The van der Waals surface area contributed by atoms with Crippen LogP contribution in [0.5, 0.6) is 5.75 Å². The van der Waals surface area contributed by atoms with Crippen molar-refractivity contribution in [3.8, 4) is 5.75 Å². The summed E-state index contributed by atoms with van der Waals surface area (Å²) >= 11 is 0. The van der Waals surface area contributed by atoms with E-state index in [2.05, 4.69) is 5.32 Å². The van der Waals surface area contributed by atoms with Crippen molar-refractivity contribution in [1.29, 1.82) is 0 Å². The van der Waals surface area contributed by atoms with E-state index in [1.165, 1.54) is 14.7 Å². The molecule has 0 heterocycles. The van der Waals surface area contributed by atoms with Crippen LogP contribution >= 0.6 is 0 Å². The number of benzene rings is 5. The van der Waals surface area contributed by atoms with Crippen molar-refractivity contribution in [1.82, 2.24) is 0 Å². The van der Waals surface area contributed by atoms with E-state index in [0.717, 1.165) is 5.69 Å². The number of rotatable bonds is 9. The molecular weight excluding hydrogens is 592 g/mol. The Balaban J connectivity index is 1.19. The number of hydrogen-bond donors (Lipinski definition) is 1. The van der Waals surface area contributed by atoms with E-state index >= 15 is 0 Å². The highest BCUT2D eigenvalue weighted by molar-refractivity contribution is 6.09. The molecule has 0 aromatic heterocycles. The summed E-state index contributed by atoms with van der Waals surface area (Å²) in [5, 5.41) is 3.03. The van der Waals surface area contributed by atoms with Crippen molar-refractivity contribution >= 4 is 46.4 Å². The minimum atomic E-state index is -0.490. The van der Waals surface area contributed by atoms with Gasteiger partial charge in [-0.2, -0.15) is 0 Å². The lowest BCUT2D eigenvalue weighted by Gasteiger charge is -2.21. The molecule has 0 aliphatic carbocycles. The third kappa shape index (κ3) is 7.37. The van der Waals surface area contributed by atoms with E-state index in [1.807, 2.05) is 25.2 Å². The Morgan fingerprint density at radius 3 is 1.17 bits per heavy atom. The van der Waals surface area contributed by atoms with Crippen LogP contribution in [0.4, 0.5) is 22.7 Å². The molecule has 0 aliphatic heterocycles. The molecule has 0 saturated heterocycles. The molecule has 5 aromatic carbocycles. The second-order valence-corrected chi connectivity index (χ2v) is 10.8. The highest BCUT2D eigenvalue weighted by Crippen LogP contribution is 2.23. The molecular formula is C38H34N4O5. The number of anilines is 4. The third-order valence-electron chi connectivity index (χ3n) is 7.78. The topological polar surface area (TPSA) is 99.3 Å². The van der Waals surface area contributed by atoms with Crippen molar-refractivity contribution in [2.24, 2.45) is 0 Å². The first kappa shape index (κ1) is 32.2. The van der Waals surface area contributed by atoms with Crippen LogP contribution in [0.25, 0.3) is 0 Å². The first-order valence-electron chi connectivity index (χ1n) is 14.9. The quantitative estimate of drug-likeness (QED) is 0.143. The van der Waals surface area contributed by atoms with E-state index in [1.54, 1.807) is 130 Å². The fourth-order valence-electron chi connectivity index (χ4n) is 4.84. The number of carbonyl (C=O) groups excluding carboxylic acids is 4. The molecule has 0 fully saturated rings. The fourth-order valence-corrected chi connectivity index (χ4v) is 4.84. The van der Waals surface area contributed by atoms with Crippen molar-refractivity contribution < 1.29 is 23.9 Å². The Kier molecular flexibility index (Phi) is 9.76. The molecule has 0 bridgehead atoms. The summed E-state index contributed by atoms with van der Waals surface area (Å²) in [6.07, 6.45) is 0. The summed E-state index contributed by atoms with van der Waals surface area (Å²) in [6, 6.07) is 36.2. The molecule has 5 aromatic rings. The van der Waals surface area contributed by atoms with Crippen molar-refractivity contribution in [2.75, 3.05) is 48.2 Å². The Labute approximate surface area is 273 Å². The van der Waals surface area contributed by atoms with E-state index in [-0.39, 0.29) is 17.7 Å². The molecule has 1 N–H and O–H groups in total. The summed E-state index contributed by atoms with van der Waals surface area (Å²) in [6.45, 7) is 0. The van der Waals surface area contributed by atoms with Gasteiger partial charge in [0.2, 0.25) is 0 Å². The SMILES string of the molecule is CNc1ccc(C(=O)N(C)c2ccc(C(=O)N(C)c3ccc(C(=O)N(C)c4ccc(C(=O)Oc5ccccc5)cc4)cc3)cc2)cc1. The van der Waals surface area contributed by atoms with Gasteiger partial charge in [-0.3, -0.25) is 14.4 Å². The Morgan fingerprint density at radius 1 is 0.468 bits per heavy atom. The van der Waals surface area contributed by atoms with Gasteiger partial charge < -0.3 is 24.8 Å². The predicted octanol–water partition coefficient (Wildman–Crippen LogP) is 6.78. The monoisotopic (exact) mass is 626 g/mol. The number of amides is 3. The van der Waals surface area contributed by atoms with Crippen LogP contribution in [0, 0.1) is 0 Å². The normalized spacial score (nSPS) is 10.5. The molecule has 0 aliphatic rings. The second-order valence-electron chi connectivity index (χ2n) is 10.8. The highest BCUT2D eigenvalue weighted by Gasteiger charge is 2.19. The Bertz CT molecular complexity index is 1870.